The van der Waals surface area contributed by atoms with E-state index in [4.69, 9.17) is 0 Å². The van der Waals surface area contributed by atoms with Crippen LogP contribution in [0.5, 0.6) is 0 Å². The molecule has 0 bridgehead atoms. The number of rotatable bonds is 8. The SMILES string of the molecule is O=C(CCC1CCCC1)N1CCCC(N(CCN2CCCC2)C(=O)C2CCC2)C1. The molecule has 2 amide bonds. The third-order valence-corrected chi connectivity index (χ3v) is 8.02. The van der Waals surface area contributed by atoms with Crippen LogP contribution in [0.4, 0.5) is 0 Å². The molecule has 2 aliphatic carbocycles. The first-order chi connectivity index (χ1) is 14.2. The average Bonchev–Trinajstić information content (AvgIpc) is 3.39. The van der Waals surface area contributed by atoms with Crippen LogP contribution in [0.2, 0.25) is 0 Å². The quantitative estimate of drug-likeness (QED) is 0.621. The number of likely N-dealkylation sites (tertiary alicyclic amines) is 2. The normalized spacial score (nSPS) is 26.6. The van der Waals surface area contributed by atoms with Crippen LogP contribution < -0.4 is 0 Å². The van der Waals surface area contributed by atoms with Crippen molar-refractivity contribution in [1.29, 1.82) is 0 Å². The van der Waals surface area contributed by atoms with Crippen LogP contribution in [-0.2, 0) is 9.59 Å². The minimum atomic E-state index is 0.231. The number of piperidine rings is 1. The molecule has 2 aliphatic heterocycles. The van der Waals surface area contributed by atoms with Gasteiger partial charge in [-0.15, -0.1) is 0 Å². The van der Waals surface area contributed by atoms with Crippen molar-refractivity contribution in [3.63, 3.8) is 0 Å². The molecule has 2 saturated heterocycles. The maximum absolute atomic E-state index is 13.2. The predicted molar refractivity (Wildman–Crippen MR) is 116 cm³/mol. The van der Waals surface area contributed by atoms with Gasteiger partial charge in [0.2, 0.25) is 11.8 Å². The molecule has 0 N–H and O–H groups in total. The molecule has 0 aromatic rings. The third kappa shape index (κ3) is 5.53. The summed E-state index contributed by atoms with van der Waals surface area (Å²) in [7, 11) is 0. The van der Waals surface area contributed by atoms with E-state index in [1.807, 2.05) is 0 Å². The minimum Gasteiger partial charge on any atom is -0.341 e. The van der Waals surface area contributed by atoms with E-state index in [1.54, 1.807) is 0 Å². The molecule has 1 unspecified atom stereocenters. The Labute approximate surface area is 177 Å². The molecule has 2 saturated carbocycles. The number of hydrogen-bond acceptors (Lipinski definition) is 3. The summed E-state index contributed by atoms with van der Waals surface area (Å²) in [5.74, 6) is 1.73. The van der Waals surface area contributed by atoms with Gasteiger partial charge in [-0.05, 0) is 64.0 Å². The summed E-state index contributed by atoms with van der Waals surface area (Å²) < 4.78 is 0. The van der Waals surface area contributed by atoms with Crippen molar-refractivity contribution >= 4 is 11.8 Å². The molecular formula is C24H41N3O2. The monoisotopic (exact) mass is 403 g/mol. The molecule has 2 heterocycles. The third-order valence-electron chi connectivity index (χ3n) is 8.02. The van der Waals surface area contributed by atoms with Crippen LogP contribution in [0, 0.1) is 11.8 Å². The van der Waals surface area contributed by atoms with Crippen molar-refractivity contribution in [2.24, 2.45) is 11.8 Å². The van der Waals surface area contributed by atoms with Gasteiger partial charge in [-0.25, -0.2) is 0 Å². The molecular weight excluding hydrogens is 362 g/mol. The Morgan fingerprint density at radius 2 is 1.59 bits per heavy atom. The first-order valence-electron chi connectivity index (χ1n) is 12.5. The molecule has 4 aliphatic rings. The highest BCUT2D eigenvalue weighted by Gasteiger charge is 2.36. The van der Waals surface area contributed by atoms with Gasteiger partial charge in [0.05, 0.1) is 0 Å². The van der Waals surface area contributed by atoms with E-state index >= 15 is 0 Å². The van der Waals surface area contributed by atoms with Gasteiger partial charge in [0.1, 0.15) is 0 Å². The van der Waals surface area contributed by atoms with Gasteiger partial charge in [0, 0.05) is 44.6 Å². The standard InChI is InChI=1S/C24H41N3O2/c28-23(13-12-20-7-1-2-8-20)26-16-6-11-22(19-26)27(24(29)21-9-5-10-21)18-17-25-14-3-4-15-25/h20-22H,1-19H2. The Morgan fingerprint density at radius 1 is 0.828 bits per heavy atom. The van der Waals surface area contributed by atoms with Crippen molar-refractivity contribution in [2.75, 3.05) is 39.3 Å². The lowest BCUT2D eigenvalue weighted by Crippen LogP contribution is -2.55. The molecule has 4 fully saturated rings. The van der Waals surface area contributed by atoms with Gasteiger partial charge in [-0.1, -0.05) is 32.1 Å². The van der Waals surface area contributed by atoms with Gasteiger partial charge >= 0.3 is 0 Å². The molecule has 1 atom stereocenters. The Bertz CT molecular complexity index is 550. The van der Waals surface area contributed by atoms with Crippen LogP contribution in [0.1, 0.15) is 83.5 Å². The highest BCUT2D eigenvalue weighted by atomic mass is 16.2. The Balaban J connectivity index is 1.32. The van der Waals surface area contributed by atoms with E-state index in [9.17, 15) is 9.59 Å². The molecule has 0 radical (unpaired) electrons. The molecule has 5 nitrogen and oxygen atoms in total. The lowest BCUT2D eigenvalue weighted by atomic mass is 9.83. The fourth-order valence-corrected chi connectivity index (χ4v) is 5.84. The molecule has 0 aromatic heterocycles. The Morgan fingerprint density at radius 3 is 2.28 bits per heavy atom. The predicted octanol–water partition coefficient (Wildman–Crippen LogP) is 3.67. The van der Waals surface area contributed by atoms with Gasteiger partial charge in [-0.3, -0.25) is 9.59 Å². The van der Waals surface area contributed by atoms with Crippen LogP contribution in [0.15, 0.2) is 0 Å². The number of amides is 2. The smallest absolute Gasteiger partial charge is 0.226 e. The molecule has 0 aromatic carbocycles. The minimum absolute atomic E-state index is 0.231. The second-order valence-corrected chi connectivity index (χ2v) is 10.0. The fraction of sp³-hybridized carbons (Fsp3) is 0.917. The van der Waals surface area contributed by atoms with E-state index in [0.717, 1.165) is 64.2 Å². The highest BCUT2D eigenvalue weighted by Crippen LogP contribution is 2.31. The van der Waals surface area contributed by atoms with Crippen molar-refractivity contribution in [2.45, 2.75) is 89.5 Å². The highest BCUT2D eigenvalue weighted by molar-refractivity contribution is 5.80. The fourth-order valence-electron chi connectivity index (χ4n) is 5.84. The average molecular weight is 404 g/mol. The lowest BCUT2D eigenvalue weighted by Gasteiger charge is -2.42. The van der Waals surface area contributed by atoms with Crippen molar-refractivity contribution in [3.8, 4) is 0 Å². The van der Waals surface area contributed by atoms with Gasteiger partial charge in [0.25, 0.3) is 0 Å². The number of carbonyl (C=O) groups excluding carboxylic acids is 2. The lowest BCUT2D eigenvalue weighted by molar-refractivity contribution is -0.145. The van der Waals surface area contributed by atoms with Crippen LogP contribution in [-0.4, -0.2) is 71.8 Å². The first-order valence-corrected chi connectivity index (χ1v) is 12.5. The summed E-state index contributed by atoms with van der Waals surface area (Å²) >= 11 is 0. The van der Waals surface area contributed by atoms with E-state index in [-0.39, 0.29) is 12.0 Å². The maximum Gasteiger partial charge on any atom is 0.226 e. The zero-order valence-electron chi connectivity index (χ0n) is 18.3. The summed E-state index contributed by atoms with van der Waals surface area (Å²) in [5, 5.41) is 0. The zero-order chi connectivity index (χ0) is 20.1. The van der Waals surface area contributed by atoms with Gasteiger partial charge in [-0.2, -0.15) is 0 Å². The second kappa shape index (κ2) is 10.3. The molecule has 164 valence electrons. The van der Waals surface area contributed by atoms with Crippen LogP contribution in [0.25, 0.3) is 0 Å². The van der Waals surface area contributed by atoms with Gasteiger partial charge < -0.3 is 14.7 Å². The summed E-state index contributed by atoms with van der Waals surface area (Å²) in [4.78, 5) is 32.9. The second-order valence-electron chi connectivity index (χ2n) is 10.0. The molecule has 4 rings (SSSR count). The number of hydrogen-bond donors (Lipinski definition) is 0. The van der Waals surface area contributed by atoms with Crippen molar-refractivity contribution in [3.05, 3.63) is 0 Å². The Kier molecular flexibility index (Phi) is 7.49. The first kappa shape index (κ1) is 21.1. The molecule has 29 heavy (non-hydrogen) atoms. The molecule has 5 heteroatoms. The van der Waals surface area contributed by atoms with Gasteiger partial charge in [0.15, 0.2) is 0 Å². The summed E-state index contributed by atoms with van der Waals surface area (Å²) in [6, 6.07) is 0.231. The number of carbonyl (C=O) groups is 2. The topological polar surface area (TPSA) is 43.9 Å². The van der Waals surface area contributed by atoms with Crippen molar-refractivity contribution in [1.82, 2.24) is 14.7 Å². The number of nitrogens with zero attached hydrogens (tertiary/aromatic N) is 3. The zero-order valence-corrected chi connectivity index (χ0v) is 18.3. The molecule has 0 spiro atoms. The van der Waals surface area contributed by atoms with E-state index in [0.29, 0.717) is 18.2 Å². The summed E-state index contributed by atoms with van der Waals surface area (Å²) in [6.45, 7) is 5.87. The van der Waals surface area contributed by atoms with Crippen LogP contribution in [0.3, 0.4) is 0 Å². The summed E-state index contributed by atoms with van der Waals surface area (Å²) in [5.41, 5.74) is 0. The van der Waals surface area contributed by atoms with E-state index in [1.165, 1.54) is 58.0 Å². The maximum atomic E-state index is 13.2. The van der Waals surface area contributed by atoms with E-state index < -0.39 is 0 Å². The van der Waals surface area contributed by atoms with Crippen LogP contribution >= 0.6 is 0 Å². The van der Waals surface area contributed by atoms with E-state index in [2.05, 4.69) is 14.7 Å². The summed E-state index contributed by atoms with van der Waals surface area (Å²) in [6.07, 6.45) is 15.1. The van der Waals surface area contributed by atoms with Crippen molar-refractivity contribution < 1.29 is 9.59 Å². The Hall–Kier alpha value is -1.10. The largest absolute Gasteiger partial charge is 0.341 e.